The van der Waals surface area contributed by atoms with Crippen LogP contribution >= 0.6 is 0 Å². The van der Waals surface area contributed by atoms with Crippen molar-refractivity contribution in [3.05, 3.63) is 29.6 Å². The molecule has 0 fully saturated rings. The van der Waals surface area contributed by atoms with E-state index in [1.807, 2.05) is 0 Å². The molecule has 1 aromatic carbocycles. The van der Waals surface area contributed by atoms with E-state index in [0.717, 1.165) is 6.42 Å². The summed E-state index contributed by atoms with van der Waals surface area (Å²) in [5, 5.41) is 0. The topological polar surface area (TPSA) is 18.5 Å². The van der Waals surface area contributed by atoms with Crippen LogP contribution in [0.4, 0.5) is 4.39 Å². The molecule has 0 unspecified atom stereocenters. The van der Waals surface area contributed by atoms with Crippen LogP contribution in [-0.2, 0) is 6.42 Å². The van der Waals surface area contributed by atoms with Gasteiger partial charge in [0, 0.05) is 11.1 Å². The normalized spacial score (nSPS) is 14.0. The molecule has 0 aromatic heterocycles. The van der Waals surface area contributed by atoms with Gasteiger partial charge in [-0.3, -0.25) is 0 Å². The van der Waals surface area contributed by atoms with E-state index in [-0.39, 0.29) is 5.82 Å². The third-order valence-electron chi connectivity index (χ3n) is 2.56. The molecule has 1 heterocycles. The molecule has 1 aliphatic rings. The lowest BCUT2D eigenvalue weighted by Crippen LogP contribution is -2.12. The van der Waals surface area contributed by atoms with Crippen molar-refractivity contribution in [3.63, 3.8) is 0 Å². The third-order valence-corrected chi connectivity index (χ3v) is 2.56. The van der Waals surface area contributed by atoms with Crippen LogP contribution in [-0.4, -0.2) is 13.7 Å². The summed E-state index contributed by atoms with van der Waals surface area (Å²) in [6.07, 6.45) is 3.03. The molecule has 0 atom stereocenters. The number of benzene rings is 1. The Morgan fingerprint density at radius 2 is 2.40 bits per heavy atom. The molecule has 2 nitrogen and oxygen atoms in total. The lowest BCUT2D eigenvalue weighted by Gasteiger charge is -2.21. The number of hydrogen-bond donors (Lipinski definition) is 0. The zero-order chi connectivity index (χ0) is 10.8. The van der Waals surface area contributed by atoms with Gasteiger partial charge in [-0.2, -0.15) is 0 Å². The highest BCUT2D eigenvalue weighted by atomic mass is 19.1. The minimum absolute atomic E-state index is 0.236. The van der Waals surface area contributed by atoms with Crippen LogP contribution in [0.5, 0.6) is 11.5 Å². The Hall–Kier alpha value is -1.51. The van der Waals surface area contributed by atoms with Crippen molar-refractivity contribution >= 4 is 6.08 Å². The van der Waals surface area contributed by atoms with Gasteiger partial charge in [0.2, 0.25) is 0 Å². The predicted octanol–water partition coefficient (Wildman–Crippen LogP) is 2.80. The average Bonchev–Trinajstić information content (AvgIpc) is 2.30. The average molecular weight is 208 g/mol. The van der Waals surface area contributed by atoms with E-state index in [9.17, 15) is 4.39 Å². The Kier molecular flexibility index (Phi) is 2.62. The quantitative estimate of drug-likeness (QED) is 0.744. The highest BCUT2D eigenvalue weighted by molar-refractivity contribution is 5.59. The highest BCUT2D eigenvalue weighted by Crippen LogP contribution is 2.38. The summed E-state index contributed by atoms with van der Waals surface area (Å²) >= 11 is 0. The van der Waals surface area contributed by atoms with E-state index in [0.29, 0.717) is 35.7 Å². The molecule has 0 saturated heterocycles. The summed E-state index contributed by atoms with van der Waals surface area (Å²) in [4.78, 5) is 0. The highest BCUT2D eigenvalue weighted by Gasteiger charge is 2.21. The smallest absolute Gasteiger partial charge is 0.167 e. The largest absolute Gasteiger partial charge is 0.493 e. The van der Waals surface area contributed by atoms with Gasteiger partial charge in [0.15, 0.2) is 11.5 Å². The van der Waals surface area contributed by atoms with Crippen molar-refractivity contribution in [3.8, 4) is 11.5 Å². The molecule has 0 N–H and O–H groups in total. The van der Waals surface area contributed by atoms with E-state index < -0.39 is 0 Å². The molecular formula is C12H13FO2. The summed E-state index contributed by atoms with van der Waals surface area (Å²) < 4.78 is 24.5. The Balaban J connectivity index is 2.63. The zero-order valence-electron chi connectivity index (χ0n) is 8.68. The number of hydrogen-bond acceptors (Lipinski definition) is 2. The second kappa shape index (κ2) is 3.93. The summed E-state index contributed by atoms with van der Waals surface area (Å²) in [7, 11) is 1.55. The Morgan fingerprint density at radius 1 is 1.60 bits per heavy atom. The maximum atomic E-state index is 13.9. The second-order valence-corrected chi connectivity index (χ2v) is 3.45. The molecule has 3 heteroatoms. The van der Waals surface area contributed by atoms with E-state index >= 15 is 0 Å². The minimum Gasteiger partial charge on any atom is -0.493 e. The van der Waals surface area contributed by atoms with Gasteiger partial charge in [-0.05, 0) is 18.9 Å². The molecule has 0 amide bonds. The summed E-state index contributed by atoms with van der Waals surface area (Å²) in [5.74, 6) is 0.897. The van der Waals surface area contributed by atoms with Crippen LogP contribution in [0.25, 0.3) is 6.08 Å². The van der Waals surface area contributed by atoms with Crippen molar-refractivity contribution < 1.29 is 13.9 Å². The number of methoxy groups -OCH3 is 1. The third kappa shape index (κ3) is 1.58. The van der Waals surface area contributed by atoms with Crippen LogP contribution in [0.3, 0.4) is 0 Å². The van der Waals surface area contributed by atoms with E-state index in [1.165, 1.54) is 6.08 Å². The maximum Gasteiger partial charge on any atom is 0.167 e. The molecular weight excluding hydrogens is 195 g/mol. The Labute approximate surface area is 88.3 Å². The first-order valence-corrected chi connectivity index (χ1v) is 4.92. The monoisotopic (exact) mass is 208 g/mol. The standard InChI is InChI=1S/C12H13FO2/c1-3-8-7-10(14-2)12-9(11(8)13)5-4-6-15-12/h3,7H,1,4-6H2,2H3. The van der Waals surface area contributed by atoms with Crippen molar-refractivity contribution in [2.24, 2.45) is 0 Å². The van der Waals surface area contributed by atoms with Gasteiger partial charge >= 0.3 is 0 Å². The first kappa shape index (κ1) is 10.0. The zero-order valence-corrected chi connectivity index (χ0v) is 8.68. The van der Waals surface area contributed by atoms with E-state index in [4.69, 9.17) is 9.47 Å². The van der Waals surface area contributed by atoms with Crippen molar-refractivity contribution in [1.82, 2.24) is 0 Å². The molecule has 2 rings (SSSR count). The lowest BCUT2D eigenvalue weighted by molar-refractivity contribution is 0.265. The number of rotatable bonds is 2. The van der Waals surface area contributed by atoms with Crippen molar-refractivity contribution in [2.45, 2.75) is 12.8 Å². The van der Waals surface area contributed by atoms with Gasteiger partial charge in [-0.1, -0.05) is 12.7 Å². The van der Waals surface area contributed by atoms with Gasteiger partial charge in [0.05, 0.1) is 13.7 Å². The first-order valence-electron chi connectivity index (χ1n) is 4.92. The first-order chi connectivity index (χ1) is 7.27. The molecule has 15 heavy (non-hydrogen) atoms. The van der Waals surface area contributed by atoms with Crippen molar-refractivity contribution in [1.29, 1.82) is 0 Å². The molecule has 1 aromatic rings. The fraction of sp³-hybridized carbons (Fsp3) is 0.333. The molecule has 0 bridgehead atoms. The number of halogens is 1. The predicted molar refractivity (Wildman–Crippen MR) is 56.9 cm³/mol. The Morgan fingerprint density at radius 3 is 3.07 bits per heavy atom. The molecule has 0 spiro atoms. The maximum absolute atomic E-state index is 13.9. The molecule has 80 valence electrons. The minimum atomic E-state index is -0.236. The van der Waals surface area contributed by atoms with Gasteiger partial charge in [0.1, 0.15) is 5.82 Å². The van der Waals surface area contributed by atoms with Crippen LogP contribution < -0.4 is 9.47 Å². The van der Waals surface area contributed by atoms with Gasteiger partial charge in [0.25, 0.3) is 0 Å². The van der Waals surface area contributed by atoms with Crippen LogP contribution in [0.15, 0.2) is 12.6 Å². The van der Waals surface area contributed by atoms with E-state index in [1.54, 1.807) is 13.2 Å². The molecule has 0 saturated carbocycles. The lowest BCUT2D eigenvalue weighted by atomic mass is 10.0. The fourth-order valence-corrected chi connectivity index (χ4v) is 1.80. The number of fused-ring (bicyclic) bond motifs is 1. The number of ether oxygens (including phenoxy) is 2. The molecule has 1 aliphatic heterocycles. The summed E-state index contributed by atoms with van der Waals surface area (Å²) in [6, 6.07) is 1.62. The molecule has 0 aliphatic carbocycles. The van der Waals surface area contributed by atoms with Gasteiger partial charge < -0.3 is 9.47 Å². The fourth-order valence-electron chi connectivity index (χ4n) is 1.80. The van der Waals surface area contributed by atoms with Gasteiger partial charge in [-0.25, -0.2) is 4.39 Å². The van der Waals surface area contributed by atoms with Crippen LogP contribution in [0.1, 0.15) is 17.5 Å². The van der Waals surface area contributed by atoms with Crippen LogP contribution in [0, 0.1) is 5.82 Å². The molecule has 0 radical (unpaired) electrons. The van der Waals surface area contributed by atoms with Crippen molar-refractivity contribution in [2.75, 3.05) is 13.7 Å². The summed E-state index contributed by atoms with van der Waals surface area (Å²) in [5.41, 5.74) is 1.08. The van der Waals surface area contributed by atoms with Crippen LogP contribution in [0.2, 0.25) is 0 Å². The van der Waals surface area contributed by atoms with Gasteiger partial charge in [-0.15, -0.1) is 0 Å². The van der Waals surface area contributed by atoms with E-state index in [2.05, 4.69) is 6.58 Å². The second-order valence-electron chi connectivity index (χ2n) is 3.45. The Bertz CT molecular complexity index is 399. The SMILES string of the molecule is C=Cc1cc(OC)c2c(c1F)CCCO2. The summed E-state index contributed by atoms with van der Waals surface area (Å²) in [6.45, 7) is 4.20.